The summed E-state index contributed by atoms with van der Waals surface area (Å²) < 4.78 is 13.9. The molecule has 0 aliphatic carbocycles. The van der Waals surface area contributed by atoms with Crippen LogP contribution in [-0.4, -0.2) is 38.5 Å². The van der Waals surface area contributed by atoms with Gasteiger partial charge in [0.2, 0.25) is 5.91 Å². The van der Waals surface area contributed by atoms with Gasteiger partial charge in [0.25, 0.3) is 5.56 Å². The summed E-state index contributed by atoms with van der Waals surface area (Å²) in [7, 11) is 0. The number of nitrogens with zero attached hydrogens (tertiary/aromatic N) is 4. The average Bonchev–Trinajstić information content (AvgIpc) is 3.20. The third kappa shape index (κ3) is 4.03. The van der Waals surface area contributed by atoms with Crippen LogP contribution in [0.4, 0.5) is 5.69 Å². The van der Waals surface area contributed by atoms with E-state index in [2.05, 4.69) is 21.5 Å². The highest BCUT2D eigenvalue weighted by Gasteiger charge is 2.18. The highest BCUT2D eigenvalue weighted by molar-refractivity contribution is 6.34. The molecule has 0 spiro atoms. The zero-order valence-electron chi connectivity index (χ0n) is 18.0. The number of fused-ring (bicyclic) bond motifs is 2. The molecule has 0 unspecified atom stereocenters. The summed E-state index contributed by atoms with van der Waals surface area (Å²) in [5.74, 6) is 0.592. The fourth-order valence-corrected chi connectivity index (χ4v) is 4.03. The van der Waals surface area contributed by atoms with Crippen LogP contribution in [-0.2, 0) is 11.3 Å². The smallest absolute Gasteiger partial charge is 0.264 e. The Morgan fingerprint density at radius 3 is 2.52 bits per heavy atom. The molecule has 9 nitrogen and oxygen atoms in total. The van der Waals surface area contributed by atoms with Crippen LogP contribution < -0.4 is 20.3 Å². The van der Waals surface area contributed by atoms with Crippen molar-refractivity contribution in [2.45, 2.75) is 20.4 Å². The van der Waals surface area contributed by atoms with E-state index in [0.29, 0.717) is 46.5 Å². The van der Waals surface area contributed by atoms with E-state index < -0.39 is 5.91 Å². The first-order valence-electron chi connectivity index (χ1n) is 10.3. The zero-order valence-corrected chi connectivity index (χ0v) is 18.7. The van der Waals surface area contributed by atoms with Crippen molar-refractivity contribution in [1.82, 2.24) is 19.3 Å². The van der Waals surface area contributed by atoms with E-state index in [0.717, 1.165) is 16.8 Å². The van der Waals surface area contributed by atoms with Crippen LogP contribution in [0, 0.1) is 13.8 Å². The highest BCUT2D eigenvalue weighted by atomic mass is 35.5. The van der Waals surface area contributed by atoms with Crippen LogP contribution in [0.25, 0.3) is 16.7 Å². The van der Waals surface area contributed by atoms with Crippen molar-refractivity contribution >= 4 is 34.2 Å². The second kappa shape index (κ2) is 8.25. The van der Waals surface area contributed by atoms with Crippen molar-refractivity contribution in [2.75, 3.05) is 18.5 Å². The molecule has 4 aromatic rings. The van der Waals surface area contributed by atoms with Crippen LogP contribution in [0.15, 0.2) is 47.7 Å². The summed E-state index contributed by atoms with van der Waals surface area (Å²) in [4.78, 5) is 30.0. The van der Waals surface area contributed by atoms with Crippen molar-refractivity contribution < 1.29 is 14.3 Å². The molecule has 0 saturated carbocycles. The van der Waals surface area contributed by atoms with Crippen molar-refractivity contribution in [3.05, 3.63) is 69.4 Å². The molecular weight excluding hydrogens is 446 g/mol. The van der Waals surface area contributed by atoms with Crippen molar-refractivity contribution in [3.8, 4) is 17.2 Å². The molecule has 1 aliphatic rings. The van der Waals surface area contributed by atoms with Gasteiger partial charge < -0.3 is 14.8 Å². The van der Waals surface area contributed by atoms with Crippen molar-refractivity contribution in [2.24, 2.45) is 0 Å². The summed E-state index contributed by atoms with van der Waals surface area (Å²) in [6.45, 7) is 4.61. The number of carbonyl (C=O) groups is 1. The topological polar surface area (TPSA) is 100 Å². The Kier molecular flexibility index (Phi) is 5.26. The maximum Gasteiger partial charge on any atom is 0.264 e. The molecule has 2 aromatic heterocycles. The zero-order chi connectivity index (χ0) is 23.1. The average molecular weight is 466 g/mol. The van der Waals surface area contributed by atoms with Crippen LogP contribution in [0.1, 0.15) is 11.1 Å². The second-order valence-electron chi connectivity index (χ2n) is 7.84. The fourth-order valence-electron chi connectivity index (χ4n) is 3.83. The number of rotatable bonds is 4. The number of ether oxygens (including phenoxy) is 2. The molecular formula is C23H20ClN5O4. The first-order valence-corrected chi connectivity index (χ1v) is 10.7. The standard InChI is InChI=1S/C23H20ClN5O4/c1-13-5-14(2)7-15(6-13)29-22-16(10-26-29)23(31)28(12-25-22)11-21(30)27-18-9-20-19(8-17(18)24)32-3-4-33-20/h5-10,12H,3-4,11H2,1-2H3,(H,27,30). The Labute approximate surface area is 193 Å². The third-order valence-corrected chi connectivity index (χ3v) is 5.54. The van der Waals surface area contributed by atoms with Gasteiger partial charge in [0.1, 0.15) is 31.5 Å². The summed E-state index contributed by atoms with van der Waals surface area (Å²) in [6, 6.07) is 9.19. The Morgan fingerprint density at radius 2 is 1.79 bits per heavy atom. The lowest BCUT2D eigenvalue weighted by molar-refractivity contribution is -0.116. The summed E-state index contributed by atoms with van der Waals surface area (Å²) in [5, 5.41) is 7.69. The number of halogens is 1. The quantitative estimate of drug-likeness (QED) is 0.496. The summed E-state index contributed by atoms with van der Waals surface area (Å²) in [5.41, 5.74) is 3.41. The lowest BCUT2D eigenvalue weighted by Crippen LogP contribution is -2.28. The normalized spacial score (nSPS) is 12.7. The number of aryl methyl sites for hydroxylation is 2. The van der Waals surface area contributed by atoms with E-state index in [1.165, 1.54) is 17.1 Å². The predicted molar refractivity (Wildman–Crippen MR) is 124 cm³/mol. The number of benzene rings is 2. The van der Waals surface area contributed by atoms with Gasteiger partial charge in [-0.2, -0.15) is 5.10 Å². The van der Waals surface area contributed by atoms with Gasteiger partial charge in [-0.15, -0.1) is 0 Å². The maximum atomic E-state index is 13.0. The minimum absolute atomic E-state index is 0.235. The molecule has 33 heavy (non-hydrogen) atoms. The Balaban J connectivity index is 1.40. The Hall–Kier alpha value is -3.85. The van der Waals surface area contributed by atoms with Gasteiger partial charge in [-0.1, -0.05) is 17.7 Å². The molecule has 0 atom stereocenters. The summed E-state index contributed by atoms with van der Waals surface area (Å²) >= 11 is 6.26. The first kappa shape index (κ1) is 21.0. The number of aromatic nitrogens is 4. The molecule has 0 radical (unpaired) electrons. The number of hydrogen-bond acceptors (Lipinski definition) is 6. The highest BCUT2D eigenvalue weighted by Crippen LogP contribution is 2.37. The van der Waals surface area contributed by atoms with E-state index in [1.807, 2.05) is 26.0 Å². The molecule has 0 saturated heterocycles. The molecule has 0 bridgehead atoms. The molecule has 0 fully saturated rings. The Morgan fingerprint density at radius 1 is 1.09 bits per heavy atom. The maximum absolute atomic E-state index is 13.0. The Bertz CT molecular complexity index is 1440. The second-order valence-corrected chi connectivity index (χ2v) is 8.25. The molecule has 2 aromatic carbocycles. The van der Waals surface area contributed by atoms with E-state index in [-0.39, 0.29) is 12.1 Å². The van der Waals surface area contributed by atoms with Crippen LogP contribution in [0.3, 0.4) is 0 Å². The van der Waals surface area contributed by atoms with Crippen LogP contribution in [0.5, 0.6) is 11.5 Å². The number of hydrogen-bond donors (Lipinski definition) is 1. The van der Waals surface area contributed by atoms with Gasteiger partial charge in [-0.05, 0) is 37.1 Å². The minimum Gasteiger partial charge on any atom is -0.486 e. The van der Waals surface area contributed by atoms with Gasteiger partial charge in [0.15, 0.2) is 17.1 Å². The predicted octanol–water partition coefficient (Wildman–Crippen LogP) is 3.26. The van der Waals surface area contributed by atoms with Gasteiger partial charge in [-0.25, -0.2) is 9.67 Å². The molecule has 168 valence electrons. The first-order chi connectivity index (χ1) is 15.9. The molecule has 10 heteroatoms. The van der Waals surface area contributed by atoms with Crippen molar-refractivity contribution in [3.63, 3.8) is 0 Å². The molecule has 1 aliphatic heterocycles. The summed E-state index contributed by atoms with van der Waals surface area (Å²) in [6.07, 6.45) is 2.81. The number of anilines is 1. The van der Waals surface area contributed by atoms with Crippen molar-refractivity contribution in [1.29, 1.82) is 0 Å². The van der Waals surface area contributed by atoms with Crippen LogP contribution >= 0.6 is 11.6 Å². The number of nitrogens with one attached hydrogen (secondary N) is 1. The number of amides is 1. The van der Waals surface area contributed by atoms with E-state index in [4.69, 9.17) is 21.1 Å². The SMILES string of the molecule is Cc1cc(C)cc(-n2ncc3c(=O)n(CC(=O)Nc4cc5c(cc4Cl)OCCO5)cnc32)c1. The van der Waals surface area contributed by atoms with E-state index in [9.17, 15) is 9.59 Å². The molecule has 1 N–H and O–H groups in total. The lowest BCUT2D eigenvalue weighted by Gasteiger charge is -2.20. The molecule has 3 heterocycles. The molecule has 5 rings (SSSR count). The minimum atomic E-state index is -0.432. The third-order valence-electron chi connectivity index (χ3n) is 5.23. The van der Waals surface area contributed by atoms with Gasteiger partial charge in [0.05, 0.1) is 22.6 Å². The monoisotopic (exact) mass is 465 g/mol. The lowest BCUT2D eigenvalue weighted by atomic mass is 10.1. The van der Waals surface area contributed by atoms with Crippen LogP contribution in [0.2, 0.25) is 5.02 Å². The largest absolute Gasteiger partial charge is 0.486 e. The van der Waals surface area contributed by atoms with E-state index in [1.54, 1.807) is 16.8 Å². The fraction of sp³-hybridized carbons (Fsp3) is 0.217. The number of carbonyl (C=O) groups excluding carboxylic acids is 1. The van der Waals surface area contributed by atoms with E-state index >= 15 is 0 Å². The van der Waals surface area contributed by atoms with Gasteiger partial charge in [0, 0.05) is 12.1 Å². The van der Waals surface area contributed by atoms with Gasteiger partial charge >= 0.3 is 0 Å². The molecule has 1 amide bonds. The van der Waals surface area contributed by atoms with Gasteiger partial charge in [-0.3, -0.25) is 14.2 Å².